The molecule has 2 aromatic rings. The highest BCUT2D eigenvalue weighted by atomic mass is 32.1. The molecule has 0 fully saturated rings. The number of nitrogens with zero attached hydrogens (tertiary/aromatic N) is 1. The van der Waals surface area contributed by atoms with Gasteiger partial charge in [0.15, 0.2) is 0 Å². The van der Waals surface area contributed by atoms with Crippen molar-refractivity contribution in [2.45, 2.75) is 13.1 Å². The Bertz CT molecular complexity index is 558. The first kappa shape index (κ1) is 10.6. The van der Waals surface area contributed by atoms with Crippen molar-refractivity contribution in [1.29, 1.82) is 0 Å². The van der Waals surface area contributed by atoms with Gasteiger partial charge >= 0.3 is 0 Å². The first-order valence-corrected chi connectivity index (χ1v) is 6.48. The third-order valence-corrected chi connectivity index (χ3v) is 3.77. The van der Waals surface area contributed by atoms with E-state index in [4.69, 9.17) is 0 Å². The normalized spacial score (nSPS) is 18.2. The van der Waals surface area contributed by atoms with E-state index in [0.717, 1.165) is 22.8 Å². The maximum absolute atomic E-state index is 12.1. The highest BCUT2D eigenvalue weighted by Crippen LogP contribution is 2.28. The van der Waals surface area contributed by atoms with E-state index in [0.29, 0.717) is 0 Å². The van der Waals surface area contributed by atoms with E-state index in [9.17, 15) is 4.79 Å². The van der Waals surface area contributed by atoms with Gasteiger partial charge in [-0.1, -0.05) is 6.92 Å². The summed E-state index contributed by atoms with van der Waals surface area (Å²) in [5.74, 6) is -0.00958. The molecule has 1 aliphatic rings. The molecule has 0 saturated carbocycles. The molecule has 1 unspecified atom stereocenters. The molecule has 0 saturated heterocycles. The Labute approximate surface area is 103 Å². The zero-order valence-electron chi connectivity index (χ0n) is 9.43. The van der Waals surface area contributed by atoms with Crippen molar-refractivity contribution in [3.05, 3.63) is 40.3 Å². The molecule has 88 valence electrons. The lowest BCUT2D eigenvalue weighted by molar-refractivity contribution is 0.0936. The predicted molar refractivity (Wildman–Crippen MR) is 67.5 cm³/mol. The summed E-state index contributed by atoms with van der Waals surface area (Å²) in [6, 6.07) is 6.01. The van der Waals surface area contributed by atoms with Gasteiger partial charge in [0.1, 0.15) is 11.0 Å². The van der Waals surface area contributed by atoms with Crippen LogP contribution in [0.1, 0.15) is 28.5 Å². The van der Waals surface area contributed by atoms with Gasteiger partial charge in [-0.2, -0.15) is 0 Å². The van der Waals surface area contributed by atoms with E-state index in [2.05, 4.69) is 15.2 Å². The maximum atomic E-state index is 12.1. The number of hydrogen-bond acceptors (Lipinski definition) is 3. The van der Waals surface area contributed by atoms with Crippen molar-refractivity contribution in [3.8, 4) is 5.69 Å². The summed E-state index contributed by atoms with van der Waals surface area (Å²) in [5.41, 5.74) is 2.03. The number of nitrogens with one attached hydrogen (secondary N) is 2. The van der Waals surface area contributed by atoms with Crippen molar-refractivity contribution in [3.63, 3.8) is 0 Å². The second-order valence-corrected chi connectivity index (χ2v) is 4.82. The number of rotatable bonds is 2. The van der Waals surface area contributed by atoms with Crippen LogP contribution in [0.2, 0.25) is 0 Å². The highest BCUT2D eigenvalue weighted by molar-refractivity contribution is 7.12. The number of fused-ring (bicyclic) bond motifs is 3. The summed E-state index contributed by atoms with van der Waals surface area (Å²) in [4.78, 5) is 12.8. The summed E-state index contributed by atoms with van der Waals surface area (Å²) >= 11 is 1.47. The Morgan fingerprint density at radius 1 is 1.53 bits per heavy atom. The van der Waals surface area contributed by atoms with Crippen LogP contribution in [0.15, 0.2) is 29.8 Å². The lowest BCUT2D eigenvalue weighted by Crippen LogP contribution is -2.37. The Morgan fingerprint density at radius 2 is 2.41 bits per heavy atom. The van der Waals surface area contributed by atoms with Crippen molar-refractivity contribution in [2.75, 3.05) is 6.54 Å². The molecule has 2 N–H and O–H groups in total. The molecule has 0 bridgehead atoms. The highest BCUT2D eigenvalue weighted by Gasteiger charge is 2.26. The lowest BCUT2D eigenvalue weighted by Gasteiger charge is -2.17. The smallest absolute Gasteiger partial charge is 0.265 e. The number of aromatic nitrogens is 1. The third kappa shape index (κ3) is 1.59. The Hall–Kier alpha value is -1.59. The zero-order valence-corrected chi connectivity index (χ0v) is 10.3. The van der Waals surface area contributed by atoms with Gasteiger partial charge in [-0.3, -0.25) is 10.1 Å². The van der Waals surface area contributed by atoms with Crippen LogP contribution in [0.25, 0.3) is 5.69 Å². The maximum Gasteiger partial charge on any atom is 0.265 e. The molecule has 1 atom stereocenters. The van der Waals surface area contributed by atoms with E-state index in [-0.39, 0.29) is 12.1 Å². The molecule has 2 aromatic heterocycles. The Morgan fingerprint density at radius 3 is 3.24 bits per heavy atom. The SMILES string of the molecule is CCNC1NC(=O)c2sccc2-n2cccc21. The number of carbonyl (C=O) groups is 1. The van der Waals surface area contributed by atoms with Gasteiger partial charge in [-0.05, 0) is 30.1 Å². The van der Waals surface area contributed by atoms with Crippen LogP contribution in [-0.4, -0.2) is 17.0 Å². The van der Waals surface area contributed by atoms with E-state index in [1.165, 1.54) is 11.3 Å². The minimum Gasteiger partial charge on any atom is -0.330 e. The average Bonchev–Trinajstić information content (AvgIpc) is 2.94. The van der Waals surface area contributed by atoms with Crippen molar-refractivity contribution in [1.82, 2.24) is 15.2 Å². The van der Waals surface area contributed by atoms with E-state index < -0.39 is 0 Å². The lowest BCUT2D eigenvalue weighted by atomic mass is 10.3. The fourth-order valence-electron chi connectivity index (χ4n) is 2.14. The molecule has 3 heterocycles. The summed E-state index contributed by atoms with van der Waals surface area (Å²) in [7, 11) is 0. The summed E-state index contributed by atoms with van der Waals surface area (Å²) in [6.45, 7) is 2.84. The second-order valence-electron chi connectivity index (χ2n) is 3.90. The molecular weight excluding hydrogens is 234 g/mol. The number of amides is 1. The van der Waals surface area contributed by atoms with Crippen molar-refractivity contribution in [2.24, 2.45) is 0 Å². The predicted octanol–water partition coefficient (Wildman–Crippen LogP) is 1.89. The van der Waals surface area contributed by atoms with Crippen LogP contribution in [0.3, 0.4) is 0 Å². The largest absolute Gasteiger partial charge is 0.330 e. The van der Waals surface area contributed by atoms with Gasteiger partial charge in [-0.15, -0.1) is 11.3 Å². The van der Waals surface area contributed by atoms with Gasteiger partial charge in [0.25, 0.3) is 5.91 Å². The first-order chi connectivity index (χ1) is 8.31. The molecule has 17 heavy (non-hydrogen) atoms. The van der Waals surface area contributed by atoms with Crippen LogP contribution in [0.4, 0.5) is 0 Å². The number of hydrogen-bond donors (Lipinski definition) is 2. The molecule has 0 aromatic carbocycles. The quantitative estimate of drug-likeness (QED) is 0.851. The first-order valence-electron chi connectivity index (χ1n) is 5.60. The minimum absolute atomic E-state index is 0.00958. The molecule has 5 heteroatoms. The monoisotopic (exact) mass is 247 g/mol. The van der Waals surface area contributed by atoms with E-state index >= 15 is 0 Å². The van der Waals surface area contributed by atoms with Gasteiger partial charge in [-0.25, -0.2) is 0 Å². The molecule has 0 radical (unpaired) electrons. The van der Waals surface area contributed by atoms with Crippen LogP contribution >= 0.6 is 11.3 Å². The van der Waals surface area contributed by atoms with Crippen molar-refractivity contribution < 1.29 is 4.79 Å². The zero-order chi connectivity index (χ0) is 11.8. The Balaban J connectivity index is 2.15. The summed E-state index contributed by atoms with van der Waals surface area (Å²) in [6.07, 6.45) is 1.87. The van der Waals surface area contributed by atoms with Crippen LogP contribution in [0.5, 0.6) is 0 Å². The molecule has 3 rings (SSSR count). The van der Waals surface area contributed by atoms with Gasteiger partial charge in [0, 0.05) is 6.20 Å². The van der Waals surface area contributed by atoms with Crippen LogP contribution in [0, 0.1) is 0 Å². The molecule has 1 amide bonds. The topological polar surface area (TPSA) is 46.1 Å². The van der Waals surface area contributed by atoms with Gasteiger partial charge in [0.2, 0.25) is 0 Å². The van der Waals surface area contributed by atoms with E-state index in [1.807, 2.05) is 36.7 Å². The number of carbonyl (C=O) groups excluding carboxylic acids is 1. The summed E-state index contributed by atoms with van der Waals surface area (Å²) < 4.78 is 2.07. The fourth-order valence-corrected chi connectivity index (χ4v) is 2.93. The number of thiophene rings is 1. The molecule has 4 nitrogen and oxygen atoms in total. The van der Waals surface area contributed by atoms with Gasteiger partial charge < -0.3 is 9.88 Å². The van der Waals surface area contributed by atoms with Crippen LogP contribution < -0.4 is 10.6 Å². The van der Waals surface area contributed by atoms with Gasteiger partial charge in [0.05, 0.1) is 11.4 Å². The Kier molecular flexibility index (Phi) is 2.49. The van der Waals surface area contributed by atoms with Crippen molar-refractivity contribution >= 4 is 17.2 Å². The van der Waals surface area contributed by atoms with Crippen LogP contribution in [-0.2, 0) is 0 Å². The molecule has 1 aliphatic heterocycles. The third-order valence-electron chi connectivity index (χ3n) is 2.87. The second kappa shape index (κ2) is 4.01. The van der Waals surface area contributed by atoms with E-state index in [1.54, 1.807) is 0 Å². The summed E-state index contributed by atoms with van der Waals surface area (Å²) in [5, 5.41) is 8.22. The minimum atomic E-state index is -0.123. The molecular formula is C12H13N3OS. The molecule has 0 aliphatic carbocycles. The fraction of sp³-hybridized carbons (Fsp3) is 0.250. The molecule has 0 spiro atoms. The standard InChI is InChI=1S/C12H13N3OS/c1-2-13-11-9-4-3-6-15(9)8-5-7-17-10(8)12(16)14-11/h3-7,11,13H,2H2,1H3,(H,14,16). The average molecular weight is 247 g/mol.